The maximum atomic E-state index is 11.2. The second-order valence-electron chi connectivity index (χ2n) is 7.79. The Labute approximate surface area is 182 Å². The highest BCUT2D eigenvalue weighted by molar-refractivity contribution is 5.70. The number of hydrogen-bond acceptors (Lipinski definition) is 9. The van der Waals surface area contributed by atoms with E-state index in [9.17, 15) is 19.8 Å². The highest BCUT2D eigenvalue weighted by atomic mass is 16.6. The fraction of sp³-hybridized carbons (Fsp3) is 0.636. The normalized spacial score (nSPS) is 36.6. The molecule has 0 aromatic carbocycles. The van der Waals surface area contributed by atoms with Gasteiger partial charge in [0.1, 0.15) is 30.0 Å². The molecule has 2 N–H and O–H groups in total. The topological polar surface area (TPSA) is 124 Å². The van der Waals surface area contributed by atoms with E-state index in [1.54, 1.807) is 0 Å². The molecule has 0 aliphatic carbocycles. The molecule has 3 fully saturated rings. The van der Waals surface area contributed by atoms with E-state index in [2.05, 4.69) is 29.2 Å². The van der Waals surface area contributed by atoms with Crippen molar-refractivity contribution in [1.82, 2.24) is 0 Å². The van der Waals surface area contributed by atoms with Crippen LogP contribution < -0.4 is 0 Å². The van der Waals surface area contributed by atoms with Gasteiger partial charge in [0.25, 0.3) is 0 Å². The van der Waals surface area contributed by atoms with E-state index in [1.165, 1.54) is 26.4 Å². The Morgan fingerprint density at radius 1 is 1.06 bits per heavy atom. The fourth-order valence-electron chi connectivity index (χ4n) is 3.67. The number of carbonyl (C=O) groups is 2. The number of ether oxygens (including phenoxy) is 5. The van der Waals surface area contributed by atoms with Crippen molar-refractivity contribution < 1.29 is 43.5 Å². The van der Waals surface area contributed by atoms with E-state index >= 15 is 0 Å². The molecule has 3 aliphatic heterocycles. The maximum absolute atomic E-state index is 11.2. The van der Waals surface area contributed by atoms with Crippen LogP contribution in [0.3, 0.4) is 0 Å². The molecular weight excluding hydrogens is 408 g/mol. The first-order valence-electron chi connectivity index (χ1n) is 10.1. The predicted molar refractivity (Wildman–Crippen MR) is 110 cm³/mol. The lowest BCUT2D eigenvalue weighted by atomic mass is 9.88. The van der Waals surface area contributed by atoms with Crippen LogP contribution in [0.15, 0.2) is 37.5 Å². The molecule has 31 heavy (non-hydrogen) atoms. The first-order chi connectivity index (χ1) is 14.7. The molecule has 9 heteroatoms. The first kappa shape index (κ1) is 25.2. The van der Waals surface area contributed by atoms with Gasteiger partial charge in [-0.1, -0.05) is 18.7 Å². The SMILES string of the molecule is C=C[C@H]1O[C@H](CC(=O)OC)CC(=C)[C@@H]1O.C=C[C@H]1O[C@H](CC(=O)OC)C[C@@]2(CO2)[C@@H]1O. The summed E-state index contributed by atoms with van der Waals surface area (Å²) in [5, 5.41) is 19.6. The van der Waals surface area contributed by atoms with Crippen molar-refractivity contribution in [2.24, 2.45) is 0 Å². The summed E-state index contributed by atoms with van der Waals surface area (Å²) in [6.45, 7) is 11.4. The molecule has 0 radical (unpaired) electrons. The third-order valence-electron chi connectivity index (χ3n) is 5.57. The van der Waals surface area contributed by atoms with Gasteiger partial charge in [-0.3, -0.25) is 9.59 Å². The first-order valence-corrected chi connectivity index (χ1v) is 10.1. The highest BCUT2D eigenvalue weighted by Gasteiger charge is 2.58. The average Bonchev–Trinajstić information content (AvgIpc) is 3.53. The van der Waals surface area contributed by atoms with Gasteiger partial charge < -0.3 is 33.9 Å². The number of aliphatic hydroxyl groups is 2. The van der Waals surface area contributed by atoms with E-state index in [0.29, 0.717) is 25.0 Å². The lowest BCUT2D eigenvalue weighted by Gasteiger charge is -2.36. The second kappa shape index (κ2) is 11.0. The molecule has 9 nitrogen and oxygen atoms in total. The van der Waals surface area contributed by atoms with Crippen LogP contribution in [0.1, 0.15) is 25.7 Å². The van der Waals surface area contributed by atoms with Gasteiger partial charge in [0.15, 0.2) is 0 Å². The van der Waals surface area contributed by atoms with Crippen LogP contribution in [-0.2, 0) is 33.3 Å². The molecule has 3 rings (SSSR count). The van der Waals surface area contributed by atoms with Crippen molar-refractivity contribution >= 4 is 11.9 Å². The van der Waals surface area contributed by atoms with Crippen LogP contribution in [0.5, 0.6) is 0 Å². The van der Waals surface area contributed by atoms with Crippen LogP contribution in [0.25, 0.3) is 0 Å². The summed E-state index contributed by atoms with van der Waals surface area (Å²) in [7, 11) is 2.67. The highest BCUT2D eigenvalue weighted by Crippen LogP contribution is 2.43. The predicted octanol–water partition coefficient (Wildman–Crippen LogP) is 0.833. The maximum Gasteiger partial charge on any atom is 0.308 e. The Hall–Kier alpha value is -2.04. The molecule has 0 unspecified atom stereocenters. The quantitative estimate of drug-likeness (QED) is 0.351. The number of aliphatic hydroxyl groups excluding tert-OH is 2. The van der Waals surface area contributed by atoms with Gasteiger partial charge in [0, 0.05) is 6.42 Å². The minimum absolute atomic E-state index is 0.173. The van der Waals surface area contributed by atoms with Gasteiger partial charge >= 0.3 is 11.9 Å². The van der Waals surface area contributed by atoms with E-state index in [4.69, 9.17) is 14.2 Å². The zero-order valence-electron chi connectivity index (χ0n) is 18.0. The molecule has 0 saturated carbocycles. The van der Waals surface area contributed by atoms with Gasteiger partial charge in [0.05, 0.1) is 45.9 Å². The molecule has 0 aromatic rings. The number of rotatable bonds is 6. The molecule has 1 spiro atoms. The summed E-state index contributed by atoms with van der Waals surface area (Å²) >= 11 is 0. The lowest BCUT2D eigenvalue weighted by molar-refractivity contribution is -0.157. The number of hydrogen-bond donors (Lipinski definition) is 2. The van der Waals surface area contributed by atoms with Gasteiger partial charge in [-0.05, 0) is 12.0 Å². The van der Waals surface area contributed by atoms with E-state index < -0.39 is 30.0 Å². The summed E-state index contributed by atoms with van der Waals surface area (Å²) in [6.07, 6.45) is 1.45. The van der Waals surface area contributed by atoms with Crippen LogP contribution in [0.2, 0.25) is 0 Å². The second-order valence-corrected chi connectivity index (χ2v) is 7.79. The van der Waals surface area contributed by atoms with Crippen molar-refractivity contribution in [3.8, 4) is 0 Å². The zero-order chi connectivity index (χ0) is 23.2. The largest absolute Gasteiger partial charge is 0.469 e. The number of methoxy groups -OCH3 is 2. The summed E-state index contributed by atoms with van der Waals surface area (Å²) in [5.41, 5.74) is 0.135. The summed E-state index contributed by atoms with van der Waals surface area (Å²) in [4.78, 5) is 22.2. The van der Waals surface area contributed by atoms with E-state index in [0.717, 1.165) is 0 Å². The molecule has 174 valence electrons. The van der Waals surface area contributed by atoms with Crippen molar-refractivity contribution in [1.29, 1.82) is 0 Å². The Bertz CT molecular complexity index is 682. The Kier molecular flexibility index (Phi) is 8.96. The molecule has 3 saturated heterocycles. The summed E-state index contributed by atoms with van der Waals surface area (Å²) < 4.78 is 25.4. The third-order valence-corrected chi connectivity index (χ3v) is 5.57. The number of esters is 2. The van der Waals surface area contributed by atoms with Crippen LogP contribution in [-0.4, -0.2) is 85.2 Å². The van der Waals surface area contributed by atoms with Crippen molar-refractivity contribution in [3.05, 3.63) is 37.5 Å². The molecule has 0 aromatic heterocycles. The minimum Gasteiger partial charge on any atom is -0.469 e. The summed E-state index contributed by atoms with van der Waals surface area (Å²) in [5.74, 6) is -0.646. The average molecular weight is 440 g/mol. The van der Waals surface area contributed by atoms with E-state index in [-0.39, 0.29) is 37.0 Å². The van der Waals surface area contributed by atoms with Crippen LogP contribution in [0.4, 0.5) is 0 Å². The smallest absolute Gasteiger partial charge is 0.308 e. The van der Waals surface area contributed by atoms with Crippen molar-refractivity contribution in [2.45, 2.75) is 67.9 Å². The van der Waals surface area contributed by atoms with Crippen LogP contribution in [0, 0.1) is 0 Å². The van der Waals surface area contributed by atoms with Crippen LogP contribution >= 0.6 is 0 Å². The lowest BCUT2D eigenvalue weighted by Crippen LogP contribution is -2.50. The fourth-order valence-corrected chi connectivity index (χ4v) is 3.67. The van der Waals surface area contributed by atoms with Crippen molar-refractivity contribution in [2.75, 3.05) is 20.8 Å². The van der Waals surface area contributed by atoms with E-state index in [1.807, 2.05) is 0 Å². The molecule has 3 aliphatic rings. The molecule has 7 atom stereocenters. The van der Waals surface area contributed by atoms with Gasteiger partial charge in [0.2, 0.25) is 0 Å². The van der Waals surface area contributed by atoms with Gasteiger partial charge in [-0.15, -0.1) is 13.2 Å². The monoisotopic (exact) mass is 440 g/mol. The third kappa shape index (κ3) is 6.47. The summed E-state index contributed by atoms with van der Waals surface area (Å²) in [6, 6.07) is 0. The molecular formula is C22H32O9. The Morgan fingerprint density at radius 3 is 2.06 bits per heavy atom. The van der Waals surface area contributed by atoms with Gasteiger partial charge in [-0.2, -0.15) is 0 Å². The minimum atomic E-state index is -0.726. The molecule has 0 amide bonds. The Morgan fingerprint density at radius 2 is 1.58 bits per heavy atom. The number of epoxide rings is 1. The van der Waals surface area contributed by atoms with Gasteiger partial charge in [-0.25, -0.2) is 0 Å². The zero-order valence-corrected chi connectivity index (χ0v) is 18.0. The number of carbonyl (C=O) groups excluding carboxylic acids is 2. The van der Waals surface area contributed by atoms with Crippen molar-refractivity contribution in [3.63, 3.8) is 0 Å². The Balaban J connectivity index is 0.000000221. The molecule has 3 heterocycles. The molecule has 0 bridgehead atoms. The standard InChI is InChI=1S/C11H16O5.C11H16O4/c1-3-8-10(13)11(6-15-11)5-7(16-8)4-9(12)14-2;1-4-9-11(13)7(2)5-8(15-9)6-10(12)14-3/h3,7-8,10,13H,1,4-6H2,2H3;4,8-9,11,13H,1-2,5-6H2,3H3/t7-,8-,10-,11-;8-,9+,11-/m10/s1.